The lowest BCUT2D eigenvalue weighted by Crippen LogP contribution is -2.30. The third-order valence-electron chi connectivity index (χ3n) is 5.80. The number of nitrogens with zero attached hydrogens (tertiary/aromatic N) is 2. The van der Waals surface area contributed by atoms with Crippen molar-refractivity contribution in [1.82, 2.24) is 15.2 Å². The van der Waals surface area contributed by atoms with Gasteiger partial charge < -0.3 is 15.5 Å². The largest absolute Gasteiger partial charge is 0.352 e. The van der Waals surface area contributed by atoms with Gasteiger partial charge in [-0.2, -0.15) is 0 Å². The first-order chi connectivity index (χ1) is 15.9. The molecule has 2 heterocycles. The van der Waals surface area contributed by atoms with Crippen LogP contribution in [0.5, 0.6) is 0 Å². The zero-order valence-corrected chi connectivity index (χ0v) is 19.4. The molecule has 1 fully saturated rings. The first-order valence-corrected chi connectivity index (χ1v) is 11.7. The van der Waals surface area contributed by atoms with Crippen molar-refractivity contribution < 1.29 is 14.4 Å². The third kappa shape index (κ3) is 5.46. The average molecular weight is 463 g/mol. The Labute approximate surface area is 196 Å². The highest BCUT2D eigenvalue weighted by atomic mass is 32.1. The summed E-state index contributed by atoms with van der Waals surface area (Å²) in [5.74, 6) is -0.659. The quantitative estimate of drug-likeness (QED) is 0.555. The van der Waals surface area contributed by atoms with E-state index < -0.39 is 5.92 Å². The Morgan fingerprint density at radius 2 is 1.88 bits per heavy atom. The van der Waals surface area contributed by atoms with E-state index >= 15 is 0 Å². The van der Waals surface area contributed by atoms with Crippen molar-refractivity contribution in [3.63, 3.8) is 0 Å². The smallest absolute Gasteiger partial charge is 0.231 e. The highest BCUT2D eigenvalue weighted by molar-refractivity contribution is 7.14. The fraction of sp³-hybridized carbons (Fsp3) is 0.280. The number of hydrogen-bond acceptors (Lipinski definition) is 5. The Morgan fingerprint density at radius 3 is 2.58 bits per heavy atom. The number of carbonyl (C=O) groups is 3. The molecule has 2 aromatic carbocycles. The number of anilines is 1. The van der Waals surface area contributed by atoms with Crippen LogP contribution in [0.2, 0.25) is 0 Å². The molecule has 2 N–H and O–H groups in total. The molecule has 1 aliphatic rings. The number of carbonyl (C=O) groups excluding carboxylic acids is 3. The molecule has 0 aliphatic carbocycles. The van der Waals surface area contributed by atoms with Crippen LogP contribution in [0.4, 0.5) is 5.13 Å². The Morgan fingerprint density at radius 1 is 1.15 bits per heavy atom. The van der Waals surface area contributed by atoms with E-state index in [0.29, 0.717) is 18.2 Å². The molecule has 2 atom stereocenters. The molecule has 0 radical (unpaired) electrons. The molecule has 0 bridgehead atoms. The van der Waals surface area contributed by atoms with E-state index in [2.05, 4.69) is 15.6 Å². The summed E-state index contributed by atoms with van der Waals surface area (Å²) in [7, 11) is 0. The minimum Gasteiger partial charge on any atom is -0.352 e. The SMILES string of the molecule is CC(=O)NCc1ccc(-c2csc(NC(=O)C3CC(=O)N(C(C)c4ccccc4)C3)n2)cc1. The molecule has 0 spiro atoms. The Kier molecular flexibility index (Phi) is 6.84. The molecule has 2 unspecified atom stereocenters. The second-order valence-corrected chi connectivity index (χ2v) is 9.03. The predicted octanol–water partition coefficient (Wildman–Crippen LogP) is 3.99. The van der Waals surface area contributed by atoms with Crippen LogP contribution >= 0.6 is 11.3 Å². The third-order valence-corrected chi connectivity index (χ3v) is 6.56. The highest BCUT2D eigenvalue weighted by Gasteiger charge is 2.37. The van der Waals surface area contributed by atoms with Gasteiger partial charge >= 0.3 is 0 Å². The molecular weight excluding hydrogens is 436 g/mol. The van der Waals surface area contributed by atoms with Crippen molar-refractivity contribution in [2.45, 2.75) is 32.9 Å². The Bertz CT molecular complexity index is 1140. The number of thiazole rings is 1. The molecule has 33 heavy (non-hydrogen) atoms. The highest BCUT2D eigenvalue weighted by Crippen LogP contribution is 2.30. The zero-order valence-electron chi connectivity index (χ0n) is 18.6. The number of nitrogens with one attached hydrogen (secondary N) is 2. The van der Waals surface area contributed by atoms with Gasteiger partial charge in [-0.3, -0.25) is 14.4 Å². The Balaban J connectivity index is 1.36. The van der Waals surface area contributed by atoms with Gasteiger partial charge in [-0.25, -0.2) is 4.98 Å². The van der Waals surface area contributed by atoms with E-state index in [-0.39, 0.29) is 30.2 Å². The van der Waals surface area contributed by atoms with Crippen LogP contribution in [-0.4, -0.2) is 34.2 Å². The number of rotatable bonds is 7. The summed E-state index contributed by atoms with van der Waals surface area (Å²) in [4.78, 5) is 42.7. The van der Waals surface area contributed by atoms with Gasteiger partial charge in [0, 0.05) is 37.4 Å². The van der Waals surface area contributed by atoms with E-state index in [1.165, 1.54) is 18.3 Å². The van der Waals surface area contributed by atoms with Crippen molar-refractivity contribution in [1.29, 1.82) is 0 Å². The summed E-state index contributed by atoms with van der Waals surface area (Å²) in [6.07, 6.45) is 0.205. The minimum absolute atomic E-state index is 0.00863. The summed E-state index contributed by atoms with van der Waals surface area (Å²) in [6.45, 7) is 4.35. The molecule has 1 aromatic heterocycles. The van der Waals surface area contributed by atoms with Gasteiger partial charge in [0.2, 0.25) is 17.7 Å². The van der Waals surface area contributed by atoms with E-state index in [1.807, 2.05) is 66.9 Å². The summed E-state index contributed by atoms with van der Waals surface area (Å²) in [5, 5.41) is 8.05. The second kappa shape index (κ2) is 9.95. The summed E-state index contributed by atoms with van der Waals surface area (Å²) in [6, 6.07) is 17.5. The van der Waals surface area contributed by atoms with Gasteiger partial charge in [-0.1, -0.05) is 54.6 Å². The number of aromatic nitrogens is 1. The molecule has 1 saturated heterocycles. The Hall–Kier alpha value is -3.52. The van der Waals surface area contributed by atoms with Crippen LogP contribution in [0.15, 0.2) is 60.0 Å². The van der Waals surface area contributed by atoms with Crippen LogP contribution in [-0.2, 0) is 20.9 Å². The first-order valence-electron chi connectivity index (χ1n) is 10.9. The van der Waals surface area contributed by atoms with Gasteiger partial charge in [0.25, 0.3) is 0 Å². The number of likely N-dealkylation sites (tertiary alicyclic amines) is 1. The van der Waals surface area contributed by atoms with Crippen LogP contribution in [0, 0.1) is 5.92 Å². The van der Waals surface area contributed by atoms with Gasteiger partial charge in [-0.15, -0.1) is 11.3 Å². The molecule has 4 rings (SSSR count). The lowest BCUT2D eigenvalue weighted by Gasteiger charge is -2.25. The predicted molar refractivity (Wildman–Crippen MR) is 128 cm³/mol. The average Bonchev–Trinajstić information content (AvgIpc) is 3.45. The summed E-state index contributed by atoms with van der Waals surface area (Å²) < 4.78 is 0. The van der Waals surface area contributed by atoms with Crippen LogP contribution < -0.4 is 10.6 Å². The summed E-state index contributed by atoms with van der Waals surface area (Å²) in [5.41, 5.74) is 3.75. The van der Waals surface area contributed by atoms with Crippen molar-refractivity contribution >= 4 is 34.2 Å². The maximum Gasteiger partial charge on any atom is 0.231 e. The van der Waals surface area contributed by atoms with E-state index in [0.717, 1.165) is 22.4 Å². The molecule has 170 valence electrons. The fourth-order valence-corrected chi connectivity index (χ4v) is 4.61. The van der Waals surface area contributed by atoms with Gasteiger partial charge in [0.05, 0.1) is 17.7 Å². The van der Waals surface area contributed by atoms with Crippen LogP contribution in [0.25, 0.3) is 11.3 Å². The van der Waals surface area contributed by atoms with Crippen molar-refractivity contribution in [3.05, 3.63) is 71.1 Å². The standard InChI is InChI=1S/C25H26N4O3S/c1-16(19-6-4-3-5-7-19)29-14-21(12-23(29)31)24(32)28-25-27-22(15-33-25)20-10-8-18(9-11-20)13-26-17(2)30/h3-11,15-16,21H,12-14H2,1-2H3,(H,26,30)(H,27,28,32). The number of hydrogen-bond donors (Lipinski definition) is 2. The van der Waals surface area contributed by atoms with Gasteiger partial charge in [0.1, 0.15) is 0 Å². The topological polar surface area (TPSA) is 91.4 Å². The van der Waals surface area contributed by atoms with Gasteiger partial charge in [0.15, 0.2) is 5.13 Å². The van der Waals surface area contributed by atoms with E-state index in [4.69, 9.17) is 0 Å². The van der Waals surface area contributed by atoms with Crippen LogP contribution in [0.3, 0.4) is 0 Å². The normalized spacial score (nSPS) is 16.5. The van der Waals surface area contributed by atoms with Crippen LogP contribution in [0.1, 0.15) is 37.4 Å². The molecule has 3 aromatic rings. The fourth-order valence-electron chi connectivity index (χ4n) is 3.88. The maximum absolute atomic E-state index is 12.8. The molecule has 7 nitrogen and oxygen atoms in total. The van der Waals surface area contributed by atoms with Crippen molar-refractivity contribution in [2.24, 2.45) is 5.92 Å². The molecular formula is C25H26N4O3S. The van der Waals surface area contributed by atoms with Gasteiger partial charge in [-0.05, 0) is 18.1 Å². The van der Waals surface area contributed by atoms with E-state index in [9.17, 15) is 14.4 Å². The lowest BCUT2D eigenvalue weighted by atomic mass is 10.1. The monoisotopic (exact) mass is 462 g/mol. The zero-order chi connectivity index (χ0) is 23.4. The first kappa shape index (κ1) is 22.7. The summed E-state index contributed by atoms with van der Waals surface area (Å²) >= 11 is 1.36. The number of benzene rings is 2. The molecule has 8 heteroatoms. The second-order valence-electron chi connectivity index (χ2n) is 8.17. The molecule has 3 amide bonds. The lowest BCUT2D eigenvalue weighted by molar-refractivity contribution is -0.129. The minimum atomic E-state index is -0.399. The van der Waals surface area contributed by atoms with Crippen molar-refractivity contribution in [2.75, 3.05) is 11.9 Å². The molecule has 0 saturated carbocycles. The van der Waals surface area contributed by atoms with E-state index in [1.54, 1.807) is 4.90 Å². The maximum atomic E-state index is 12.8. The number of amides is 3. The molecule has 1 aliphatic heterocycles. The van der Waals surface area contributed by atoms with Crippen molar-refractivity contribution in [3.8, 4) is 11.3 Å².